The number of halogens is 6. The summed E-state index contributed by atoms with van der Waals surface area (Å²) < 4.78 is 106. The minimum absolute atomic E-state index is 0.0650. The molecule has 1 amide bonds. The van der Waals surface area contributed by atoms with Gasteiger partial charge in [0, 0.05) is 24.7 Å². The van der Waals surface area contributed by atoms with E-state index in [1.165, 1.54) is 23.1 Å². The van der Waals surface area contributed by atoms with Crippen molar-refractivity contribution in [1.29, 1.82) is 0 Å². The van der Waals surface area contributed by atoms with Crippen molar-refractivity contribution in [3.8, 4) is 11.5 Å². The predicted octanol–water partition coefficient (Wildman–Crippen LogP) is 6.38. The Kier molecular flexibility index (Phi) is 11.7. The van der Waals surface area contributed by atoms with Crippen molar-refractivity contribution < 1.29 is 54.5 Å². The van der Waals surface area contributed by atoms with Crippen molar-refractivity contribution in [2.45, 2.75) is 92.7 Å². The summed E-state index contributed by atoms with van der Waals surface area (Å²) in [4.78, 5) is 23.6. The van der Waals surface area contributed by atoms with Gasteiger partial charge in [-0.15, -0.1) is 0 Å². The summed E-state index contributed by atoms with van der Waals surface area (Å²) in [6, 6.07) is 10.6. The molecule has 6 rings (SSSR count). The van der Waals surface area contributed by atoms with E-state index < -0.39 is 45.6 Å². The fourth-order valence-electron chi connectivity index (χ4n) is 5.78. The Balaban J connectivity index is 0.000000654. The third-order valence-corrected chi connectivity index (χ3v) is 10.5. The summed E-state index contributed by atoms with van der Waals surface area (Å²) in [7, 11) is -4.58. The summed E-state index contributed by atoms with van der Waals surface area (Å²) in [6.45, 7) is 0.290. The molecular formula is C34H37ClF5N3O7S. The number of carboxylic acid groups (broad SMARTS) is 1. The number of hydrogen-bond acceptors (Lipinski definition) is 7. The van der Waals surface area contributed by atoms with Gasteiger partial charge in [-0.1, -0.05) is 29.8 Å². The van der Waals surface area contributed by atoms with Gasteiger partial charge in [0.2, 0.25) is 15.9 Å². The molecule has 10 nitrogen and oxygen atoms in total. The molecule has 0 aromatic heterocycles. The number of amides is 1. The Labute approximate surface area is 296 Å². The highest BCUT2D eigenvalue weighted by atomic mass is 35.5. The van der Waals surface area contributed by atoms with E-state index in [1.807, 2.05) is 6.07 Å². The zero-order valence-electron chi connectivity index (χ0n) is 27.2. The lowest BCUT2D eigenvalue weighted by Gasteiger charge is -2.35. The van der Waals surface area contributed by atoms with Crippen LogP contribution in [0.4, 0.5) is 22.0 Å². The van der Waals surface area contributed by atoms with E-state index >= 15 is 8.78 Å². The van der Waals surface area contributed by atoms with Crippen molar-refractivity contribution in [2.24, 2.45) is 5.73 Å². The van der Waals surface area contributed by atoms with E-state index in [-0.39, 0.29) is 47.0 Å². The van der Waals surface area contributed by atoms with Crippen LogP contribution < -0.4 is 19.9 Å². The van der Waals surface area contributed by atoms with Crippen molar-refractivity contribution in [3.63, 3.8) is 0 Å². The van der Waals surface area contributed by atoms with Gasteiger partial charge in [-0.2, -0.15) is 26.7 Å². The highest BCUT2D eigenvalue weighted by molar-refractivity contribution is 7.89. The number of nitrogens with one attached hydrogen (secondary N) is 1. The highest BCUT2D eigenvalue weighted by Gasteiger charge is 2.50. The average molecular weight is 762 g/mol. The molecule has 1 aliphatic heterocycles. The standard InChI is InChI=1S/C32H36ClF2N3O5S.C2HF3O2/c33-28-12-7-22(19-29(28)43-25-9-10-25)32(34,35)30(31(39)38-15-13-23(36)14-16-38)37-44(40,41)27-11-6-20-17-26(8-5-21(20)18-27)42-24-3-1-2-4-24;3-2(4,5)1(6)7/h5-8,11-12,17-19,23-25,30,37H,1-4,9-10,13-16,36H2;(H,6,7)/t30-;/m0./s1. The van der Waals surface area contributed by atoms with Crippen molar-refractivity contribution in [3.05, 3.63) is 65.2 Å². The van der Waals surface area contributed by atoms with Crippen molar-refractivity contribution >= 4 is 44.3 Å². The molecule has 3 aromatic rings. The molecule has 3 aliphatic rings. The van der Waals surface area contributed by atoms with Gasteiger partial charge in [-0.05, 0) is 98.5 Å². The fourth-order valence-corrected chi connectivity index (χ4v) is 7.17. The van der Waals surface area contributed by atoms with Gasteiger partial charge in [0.25, 0.3) is 5.92 Å². The zero-order valence-corrected chi connectivity index (χ0v) is 28.7. The lowest BCUT2D eigenvalue weighted by atomic mass is 9.98. The van der Waals surface area contributed by atoms with Gasteiger partial charge in [-0.25, -0.2) is 13.2 Å². The summed E-state index contributed by atoms with van der Waals surface area (Å²) in [5.74, 6) is -6.97. The van der Waals surface area contributed by atoms with Crippen molar-refractivity contribution in [2.75, 3.05) is 13.1 Å². The number of hydrogen-bond donors (Lipinski definition) is 3. The summed E-state index contributed by atoms with van der Waals surface area (Å²) in [6.07, 6.45) is 1.67. The van der Waals surface area contributed by atoms with Crippen LogP contribution in [0.25, 0.3) is 10.8 Å². The number of alkyl halides is 5. The number of rotatable bonds is 10. The largest absolute Gasteiger partial charge is 0.490 e. The molecule has 0 radical (unpaired) electrons. The van der Waals surface area contributed by atoms with E-state index in [2.05, 4.69) is 4.72 Å². The minimum Gasteiger partial charge on any atom is -0.490 e. The Hall–Kier alpha value is -3.73. The Morgan fingerprint density at radius 1 is 0.863 bits per heavy atom. The molecule has 3 aromatic carbocycles. The van der Waals surface area contributed by atoms with E-state index in [9.17, 15) is 26.4 Å². The number of sulfonamides is 1. The number of ether oxygens (including phenoxy) is 2. The molecule has 0 bridgehead atoms. The Bertz CT molecular complexity index is 1850. The van der Waals surface area contributed by atoms with Gasteiger partial charge in [-0.3, -0.25) is 4.79 Å². The molecular weight excluding hydrogens is 725 g/mol. The fraction of sp³-hybridized carbons (Fsp3) is 0.471. The molecule has 1 atom stereocenters. The first-order valence-corrected chi connectivity index (χ1v) is 18.2. The number of benzene rings is 3. The lowest BCUT2D eigenvalue weighted by Crippen LogP contribution is -2.58. The van der Waals surface area contributed by atoms with Crippen LogP contribution in [0.3, 0.4) is 0 Å². The van der Waals surface area contributed by atoms with E-state index in [0.29, 0.717) is 24.0 Å². The Morgan fingerprint density at radius 2 is 1.45 bits per heavy atom. The van der Waals surface area contributed by atoms with E-state index in [1.54, 1.807) is 18.2 Å². The van der Waals surface area contributed by atoms with Crippen LogP contribution >= 0.6 is 11.6 Å². The number of carbonyl (C=O) groups is 2. The van der Waals surface area contributed by atoms with Gasteiger partial charge < -0.3 is 25.2 Å². The molecule has 278 valence electrons. The third kappa shape index (κ3) is 9.78. The molecule has 0 unspecified atom stereocenters. The maximum atomic E-state index is 16.4. The van der Waals surface area contributed by atoms with Gasteiger partial charge >= 0.3 is 12.1 Å². The number of carbonyl (C=O) groups excluding carboxylic acids is 1. The monoisotopic (exact) mass is 761 g/mol. The maximum Gasteiger partial charge on any atom is 0.490 e. The topological polar surface area (TPSA) is 148 Å². The van der Waals surface area contributed by atoms with E-state index in [0.717, 1.165) is 56.0 Å². The van der Waals surface area contributed by atoms with Gasteiger partial charge in [0.05, 0.1) is 22.1 Å². The number of likely N-dealkylation sites (tertiary alicyclic amines) is 1. The van der Waals surface area contributed by atoms with Gasteiger partial charge in [0.15, 0.2) is 6.04 Å². The van der Waals surface area contributed by atoms with E-state index in [4.69, 9.17) is 36.7 Å². The first-order chi connectivity index (χ1) is 23.9. The van der Waals surface area contributed by atoms with Crippen LogP contribution in [0, 0.1) is 0 Å². The lowest BCUT2D eigenvalue weighted by molar-refractivity contribution is -0.192. The summed E-state index contributed by atoms with van der Waals surface area (Å²) in [5.41, 5.74) is 5.38. The second-order valence-electron chi connectivity index (χ2n) is 12.8. The third-order valence-electron chi connectivity index (χ3n) is 8.81. The Morgan fingerprint density at radius 3 is 2.06 bits per heavy atom. The number of nitrogens with two attached hydrogens (primary N) is 1. The zero-order chi connectivity index (χ0) is 37.1. The van der Waals surface area contributed by atoms with Crippen LogP contribution in [0.15, 0.2) is 59.5 Å². The normalized spacial score (nSPS) is 18.2. The van der Waals surface area contributed by atoms with Crippen LogP contribution in [0.5, 0.6) is 11.5 Å². The van der Waals surface area contributed by atoms with Crippen LogP contribution in [-0.4, -0.2) is 73.9 Å². The number of piperidine rings is 1. The number of nitrogens with zero attached hydrogens (tertiary/aromatic N) is 1. The highest BCUT2D eigenvalue weighted by Crippen LogP contribution is 2.40. The first-order valence-electron chi connectivity index (χ1n) is 16.4. The molecule has 1 heterocycles. The number of carboxylic acids is 1. The smallest absolute Gasteiger partial charge is 0.490 e. The average Bonchev–Trinajstić information content (AvgIpc) is 3.75. The molecule has 2 saturated carbocycles. The molecule has 4 N–H and O–H groups in total. The molecule has 2 aliphatic carbocycles. The number of fused-ring (bicyclic) bond motifs is 1. The second-order valence-corrected chi connectivity index (χ2v) is 14.9. The molecule has 3 fully saturated rings. The van der Waals surface area contributed by atoms with Crippen molar-refractivity contribution in [1.82, 2.24) is 9.62 Å². The second kappa shape index (κ2) is 15.5. The first kappa shape index (κ1) is 38.5. The van der Waals surface area contributed by atoms with Gasteiger partial charge in [0.1, 0.15) is 11.5 Å². The van der Waals surface area contributed by atoms with Crippen LogP contribution in [0.2, 0.25) is 5.02 Å². The quantitative estimate of drug-likeness (QED) is 0.202. The molecule has 1 saturated heterocycles. The molecule has 17 heteroatoms. The minimum atomic E-state index is -5.08. The summed E-state index contributed by atoms with van der Waals surface area (Å²) in [5, 5.41) is 8.61. The SMILES string of the molecule is NC1CCN(C(=O)[C@H](NS(=O)(=O)c2ccc3cc(OC4CCCC4)ccc3c2)C(F)(F)c2ccc(Cl)c(OC3CC3)c2)CC1.O=C(O)C(F)(F)F. The number of aliphatic carboxylic acids is 1. The molecule has 51 heavy (non-hydrogen) atoms. The van der Waals surface area contributed by atoms with Crippen LogP contribution in [-0.2, 0) is 25.5 Å². The summed E-state index contributed by atoms with van der Waals surface area (Å²) >= 11 is 6.21. The predicted molar refractivity (Wildman–Crippen MR) is 177 cm³/mol. The molecule has 0 spiro atoms. The maximum absolute atomic E-state index is 16.4. The van der Waals surface area contributed by atoms with Crippen LogP contribution in [0.1, 0.15) is 56.9 Å².